The number of likely N-dealkylation sites (N-methyl/N-ethyl adjacent to an activating group) is 1. The number of nitrogens with zero attached hydrogens (tertiary/aromatic N) is 1. The van der Waals surface area contributed by atoms with Gasteiger partial charge in [0.2, 0.25) is 5.91 Å². The highest BCUT2D eigenvalue weighted by Crippen LogP contribution is 2.15. The minimum Gasteiger partial charge on any atom is -0.469 e. The minimum atomic E-state index is -0.193. The Kier molecular flexibility index (Phi) is 12.3. The number of carbonyl (C=O) groups excluding carboxylic acids is 2. The summed E-state index contributed by atoms with van der Waals surface area (Å²) in [5.74, 6) is -0.219. The molecule has 186 valence electrons. The standard InChI is InChI=1S/C20H26N2O.C10H12O2/c1-3-14-21-19(15-17-10-6-4-7-11-17)20(23)22(2)16-18-12-8-5-9-13-18;1-8(10(11)12-2)9-6-4-3-5-7-9/h4-13,19,21H,3,14-16H2,1-2H3;3-8H,1-2H3. The monoisotopic (exact) mass is 474 g/mol. The van der Waals surface area contributed by atoms with Crippen LogP contribution in [-0.2, 0) is 27.3 Å². The number of carbonyl (C=O) groups is 2. The number of benzene rings is 3. The van der Waals surface area contributed by atoms with Crippen LogP contribution in [0.4, 0.5) is 0 Å². The van der Waals surface area contributed by atoms with Crippen molar-refractivity contribution in [2.75, 3.05) is 20.7 Å². The molecule has 0 aromatic heterocycles. The van der Waals surface area contributed by atoms with Crippen molar-refractivity contribution in [2.24, 2.45) is 0 Å². The number of esters is 1. The van der Waals surface area contributed by atoms with Crippen LogP contribution in [0.1, 0.15) is 42.9 Å². The molecule has 0 heterocycles. The van der Waals surface area contributed by atoms with Crippen molar-refractivity contribution in [2.45, 2.75) is 45.2 Å². The second-order valence-electron chi connectivity index (χ2n) is 8.53. The molecule has 0 saturated heterocycles. The highest BCUT2D eigenvalue weighted by atomic mass is 16.5. The summed E-state index contributed by atoms with van der Waals surface area (Å²) in [4.78, 5) is 25.7. The van der Waals surface area contributed by atoms with Crippen molar-refractivity contribution in [3.8, 4) is 0 Å². The van der Waals surface area contributed by atoms with Crippen LogP contribution < -0.4 is 5.32 Å². The predicted octanol–water partition coefficient (Wildman–Crippen LogP) is 5.22. The molecule has 1 amide bonds. The van der Waals surface area contributed by atoms with E-state index < -0.39 is 0 Å². The molecule has 3 aromatic carbocycles. The second kappa shape index (κ2) is 15.5. The molecule has 5 heteroatoms. The molecule has 3 aromatic rings. The van der Waals surface area contributed by atoms with E-state index >= 15 is 0 Å². The van der Waals surface area contributed by atoms with Crippen LogP contribution in [0.5, 0.6) is 0 Å². The third-order valence-corrected chi connectivity index (χ3v) is 5.71. The Hall–Kier alpha value is -3.44. The van der Waals surface area contributed by atoms with Crippen molar-refractivity contribution >= 4 is 11.9 Å². The number of nitrogens with one attached hydrogen (secondary N) is 1. The third-order valence-electron chi connectivity index (χ3n) is 5.71. The summed E-state index contributed by atoms with van der Waals surface area (Å²) in [6, 6.07) is 29.7. The molecule has 0 fully saturated rings. The Labute approximate surface area is 210 Å². The van der Waals surface area contributed by atoms with Crippen molar-refractivity contribution in [3.05, 3.63) is 108 Å². The summed E-state index contributed by atoms with van der Waals surface area (Å²) in [5, 5.41) is 3.39. The average molecular weight is 475 g/mol. The van der Waals surface area contributed by atoms with Gasteiger partial charge in [0.1, 0.15) is 0 Å². The summed E-state index contributed by atoms with van der Waals surface area (Å²) in [6.45, 7) is 5.44. The quantitative estimate of drug-likeness (QED) is 0.409. The van der Waals surface area contributed by atoms with Crippen LogP contribution in [-0.4, -0.2) is 43.5 Å². The van der Waals surface area contributed by atoms with Crippen molar-refractivity contribution < 1.29 is 14.3 Å². The lowest BCUT2D eigenvalue weighted by atomic mass is 10.0. The molecule has 2 atom stereocenters. The third kappa shape index (κ3) is 9.75. The van der Waals surface area contributed by atoms with E-state index in [1.54, 1.807) is 0 Å². The lowest BCUT2D eigenvalue weighted by Crippen LogP contribution is -2.46. The first-order valence-electron chi connectivity index (χ1n) is 12.1. The summed E-state index contributed by atoms with van der Waals surface area (Å²) in [5.41, 5.74) is 3.32. The molecule has 0 aliphatic carbocycles. The molecule has 1 N–H and O–H groups in total. The summed E-state index contributed by atoms with van der Waals surface area (Å²) >= 11 is 0. The number of hydrogen-bond acceptors (Lipinski definition) is 4. The molecule has 0 bridgehead atoms. The Morgan fingerprint density at radius 3 is 1.89 bits per heavy atom. The number of amides is 1. The first-order valence-corrected chi connectivity index (χ1v) is 12.1. The molecule has 0 saturated carbocycles. The normalized spacial score (nSPS) is 12.0. The maximum absolute atomic E-state index is 12.8. The van der Waals surface area contributed by atoms with Crippen LogP contribution >= 0.6 is 0 Å². The van der Waals surface area contributed by atoms with E-state index in [4.69, 9.17) is 0 Å². The van der Waals surface area contributed by atoms with Crippen molar-refractivity contribution in [1.29, 1.82) is 0 Å². The molecule has 0 radical (unpaired) electrons. The van der Waals surface area contributed by atoms with Crippen LogP contribution in [0.25, 0.3) is 0 Å². The zero-order chi connectivity index (χ0) is 25.5. The van der Waals surface area contributed by atoms with Gasteiger partial charge in [-0.25, -0.2) is 0 Å². The van der Waals surface area contributed by atoms with Gasteiger partial charge in [-0.2, -0.15) is 0 Å². The zero-order valence-corrected chi connectivity index (χ0v) is 21.3. The van der Waals surface area contributed by atoms with Gasteiger partial charge < -0.3 is 15.0 Å². The van der Waals surface area contributed by atoms with Crippen molar-refractivity contribution in [3.63, 3.8) is 0 Å². The van der Waals surface area contributed by atoms with Crippen LogP contribution in [0.15, 0.2) is 91.0 Å². The zero-order valence-electron chi connectivity index (χ0n) is 21.3. The Morgan fingerprint density at radius 2 is 1.37 bits per heavy atom. The van der Waals surface area contributed by atoms with Crippen molar-refractivity contribution in [1.82, 2.24) is 10.2 Å². The molecule has 5 nitrogen and oxygen atoms in total. The molecular weight excluding hydrogens is 436 g/mol. The lowest BCUT2D eigenvalue weighted by Gasteiger charge is -2.25. The van der Waals surface area contributed by atoms with Gasteiger partial charge in [0, 0.05) is 13.6 Å². The molecule has 0 aliphatic rings. The maximum Gasteiger partial charge on any atom is 0.312 e. The molecule has 2 unspecified atom stereocenters. The first-order chi connectivity index (χ1) is 17.0. The van der Waals surface area contributed by atoms with Gasteiger partial charge in [-0.15, -0.1) is 0 Å². The minimum absolute atomic E-state index is 0.145. The summed E-state index contributed by atoms with van der Waals surface area (Å²) < 4.78 is 4.63. The van der Waals surface area contributed by atoms with E-state index in [1.807, 2.05) is 85.6 Å². The molecule has 0 aliphatic heterocycles. The number of rotatable bonds is 10. The smallest absolute Gasteiger partial charge is 0.312 e. The number of methoxy groups -OCH3 is 1. The Bertz CT molecular complexity index is 994. The summed E-state index contributed by atoms with van der Waals surface area (Å²) in [7, 11) is 3.28. The van der Waals surface area contributed by atoms with Gasteiger partial charge in [-0.05, 0) is 43.0 Å². The molecule has 35 heavy (non-hydrogen) atoms. The van der Waals surface area contributed by atoms with Crippen LogP contribution in [0.2, 0.25) is 0 Å². The van der Waals surface area contributed by atoms with Gasteiger partial charge in [0.25, 0.3) is 0 Å². The predicted molar refractivity (Wildman–Crippen MR) is 142 cm³/mol. The largest absolute Gasteiger partial charge is 0.469 e. The Morgan fingerprint density at radius 1 is 0.857 bits per heavy atom. The fraction of sp³-hybridized carbons (Fsp3) is 0.333. The Balaban J connectivity index is 0.000000303. The van der Waals surface area contributed by atoms with Gasteiger partial charge in [-0.3, -0.25) is 9.59 Å². The topological polar surface area (TPSA) is 58.6 Å². The van der Waals surface area contributed by atoms with E-state index in [1.165, 1.54) is 12.7 Å². The fourth-order valence-corrected chi connectivity index (χ4v) is 3.67. The highest BCUT2D eigenvalue weighted by molar-refractivity contribution is 5.82. The van der Waals surface area contributed by atoms with E-state index in [2.05, 4.69) is 41.2 Å². The van der Waals surface area contributed by atoms with Crippen LogP contribution in [0, 0.1) is 0 Å². The maximum atomic E-state index is 12.8. The number of ether oxygens (including phenoxy) is 1. The van der Waals surface area contributed by atoms with E-state index in [0.29, 0.717) is 6.54 Å². The van der Waals surface area contributed by atoms with Gasteiger partial charge >= 0.3 is 5.97 Å². The summed E-state index contributed by atoms with van der Waals surface area (Å²) in [6.07, 6.45) is 1.74. The second-order valence-corrected chi connectivity index (χ2v) is 8.53. The highest BCUT2D eigenvalue weighted by Gasteiger charge is 2.21. The molecule has 3 rings (SSSR count). The van der Waals surface area contributed by atoms with E-state index in [0.717, 1.165) is 30.5 Å². The molecular formula is C30H38N2O3. The van der Waals surface area contributed by atoms with Gasteiger partial charge in [0.05, 0.1) is 19.1 Å². The van der Waals surface area contributed by atoms with Gasteiger partial charge in [-0.1, -0.05) is 97.9 Å². The number of hydrogen-bond donors (Lipinski definition) is 1. The lowest BCUT2D eigenvalue weighted by molar-refractivity contribution is -0.142. The van der Waals surface area contributed by atoms with Gasteiger partial charge in [0.15, 0.2) is 0 Å². The average Bonchev–Trinajstić information content (AvgIpc) is 2.91. The first kappa shape index (κ1) is 27.8. The van der Waals surface area contributed by atoms with E-state index in [-0.39, 0.29) is 23.8 Å². The van der Waals surface area contributed by atoms with Crippen LogP contribution in [0.3, 0.4) is 0 Å². The van der Waals surface area contributed by atoms with E-state index in [9.17, 15) is 9.59 Å². The fourth-order valence-electron chi connectivity index (χ4n) is 3.67. The molecule has 0 spiro atoms. The SMILES string of the molecule is CCCNC(Cc1ccccc1)C(=O)N(C)Cc1ccccc1.COC(=O)C(C)c1ccccc1.